The number of hydroxylamine groups is 1. The van der Waals surface area contributed by atoms with E-state index in [4.69, 9.17) is 11.6 Å². The summed E-state index contributed by atoms with van der Waals surface area (Å²) in [5, 5.41) is 16.0. The number of carbonyl (C=O) groups excluding carboxylic acids is 1. The van der Waals surface area contributed by atoms with Gasteiger partial charge in [-0.25, -0.2) is 9.89 Å². The highest BCUT2D eigenvalue weighted by molar-refractivity contribution is 7.89. The van der Waals surface area contributed by atoms with Gasteiger partial charge < -0.3 is 0 Å². The van der Waals surface area contributed by atoms with Gasteiger partial charge in [0.05, 0.1) is 16.3 Å². The third kappa shape index (κ3) is 3.63. The summed E-state index contributed by atoms with van der Waals surface area (Å²) in [6.45, 7) is 5.02. The van der Waals surface area contributed by atoms with Gasteiger partial charge in [0.2, 0.25) is 0 Å². The Morgan fingerprint density at radius 2 is 1.89 bits per heavy atom. The van der Waals surface area contributed by atoms with Gasteiger partial charge in [0.1, 0.15) is 5.54 Å². The van der Waals surface area contributed by atoms with Crippen molar-refractivity contribution in [2.24, 2.45) is 5.10 Å². The number of aryl methyl sites for hydroxylation is 1. The molecule has 1 aliphatic rings. The van der Waals surface area contributed by atoms with E-state index in [1.54, 1.807) is 32.0 Å². The molecule has 2 aromatic rings. The van der Waals surface area contributed by atoms with Crippen molar-refractivity contribution in [1.82, 2.24) is 4.83 Å². The number of Topliss-reactive ketones (excluding diaryl/α,β-unsaturated/α-hetero) is 1. The van der Waals surface area contributed by atoms with E-state index in [0.717, 1.165) is 10.6 Å². The number of halogens is 1. The highest BCUT2D eigenvalue weighted by Gasteiger charge is 2.43. The van der Waals surface area contributed by atoms with Crippen LogP contribution >= 0.6 is 11.6 Å². The van der Waals surface area contributed by atoms with Crippen molar-refractivity contribution < 1.29 is 18.4 Å². The van der Waals surface area contributed by atoms with Gasteiger partial charge in [-0.2, -0.15) is 13.5 Å². The molecule has 2 aromatic carbocycles. The molecule has 1 heterocycles. The van der Waals surface area contributed by atoms with Crippen LogP contribution in [0.3, 0.4) is 0 Å². The number of nitrogens with zero attached hydrogens (tertiary/aromatic N) is 2. The second-order valence-corrected chi connectivity index (χ2v) is 9.05. The summed E-state index contributed by atoms with van der Waals surface area (Å²) in [5.74, 6) is -0.221. The molecule has 0 bridgehead atoms. The van der Waals surface area contributed by atoms with E-state index < -0.39 is 15.6 Å². The molecule has 0 saturated carbocycles. The smallest absolute Gasteiger partial charge is 0.276 e. The minimum absolute atomic E-state index is 0.0698. The van der Waals surface area contributed by atoms with E-state index in [9.17, 15) is 18.4 Å². The Bertz CT molecular complexity index is 1070. The number of sulfonamides is 1. The van der Waals surface area contributed by atoms with Crippen LogP contribution in [-0.2, 0) is 10.0 Å². The number of nitrogens with one attached hydrogen (secondary N) is 1. The van der Waals surface area contributed by atoms with Crippen LogP contribution in [0.15, 0.2) is 52.5 Å². The summed E-state index contributed by atoms with van der Waals surface area (Å²) in [7, 11) is -3.87. The van der Waals surface area contributed by atoms with Crippen LogP contribution < -0.4 is 9.89 Å². The molecule has 28 heavy (non-hydrogen) atoms. The Labute approximate surface area is 168 Å². The Hall–Kier alpha value is -2.42. The standard InChI is InChI=1S/C19H20ClN3O4S/c1-12-4-7-15(8-5-12)28(26,27)22-21-13(2)19(3)11-18(24)16-10-14(20)6-9-17(16)23(19)25/h4-10,22,25H,11H2,1-3H3/b21-13-. The van der Waals surface area contributed by atoms with Gasteiger partial charge in [-0.15, -0.1) is 0 Å². The molecule has 1 unspecified atom stereocenters. The first-order valence-electron chi connectivity index (χ1n) is 8.50. The van der Waals surface area contributed by atoms with Crippen molar-refractivity contribution in [3.8, 4) is 0 Å². The van der Waals surface area contributed by atoms with E-state index in [0.29, 0.717) is 16.3 Å². The zero-order valence-corrected chi connectivity index (χ0v) is 17.2. The Kier molecular flexibility index (Phi) is 5.22. The maximum absolute atomic E-state index is 12.6. The highest BCUT2D eigenvalue weighted by atomic mass is 35.5. The van der Waals surface area contributed by atoms with Gasteiger partial charge in [0, 0.05) is 17.0 Å². The second kappa shape index (κ2) is 7.20. The number of hydrogen-bond acceptors (Lipinski definition) is 6. The van der Waals surface area contributed by atoms with Crippen molar-refractivity contribution in [3.63, 3.8) is 0 Å². The molecule has 1 atom stereocenters. The number of hydrogen-bond donors (Lipinski definition) is 2. The molecule has 3 rings (SSSR count). The lowest BCUT2D eigenvalue weighted by molar-refractivity contribution is 0.0905. The van der Waals surface area contributed by atoms with Crippen LogP contribution in [0.1, 0.15) is 36.2 Å². The molecule has 0 fully saturated rings. The Balaban J connectivity index is 1.90. The van der Waals surface area contributed by atoms with E-state index in [1.165, 1.54) is 24.3 Å². The van der Waals surface area contributed by atoms with E-state index in [-0.39, 0.29) is 22.8 Å². The monoisotopic (exact) mass is 421 g/mol. The number of rotatable bonds is 4. The zero-order chi connectivity index (χ0) is 20.7. The lowest BCUT2D eigenvalue weighted by atomic mass is 9.83. The summed E-state index contributed by atoms with van der Waals surface area (Å²) in [5.41, 5.74) is 0.550. The maximum Gasteiger partial charge on any atom is 0.276 e. The van der Waals surface area contributed by atoms with Crippen molar-refractivity contribution in [3.05, 3.63) is 58.6 Å². The third-order valence-electron chi connectivity index (χ3n) is 4.90. The SMILES string of the molecule is C/C(=N/NS(=O)(=O)c1ccc(C)cc1)C1(C)CC(=O)c2cc(Cl)ccc2N1O. The fourth-order valence-corrected chi connectivity index (χ4v) is 3.99. The Morgan fingerprint density at radius 1 is 1.25 bits per heavy atom. The van der Waals surface area contributed by atoms with Gasteiger partial charge >= 0.3 is 0 Å². The second-order valence-electron chi connectivity index (χ2n) is 6.95. The number of ketones is 1. The lowest BCUT2D eigenvalue weighted by Gasteiger charge is -2.41. The molecule has 0 saturated heterocycles. The molecule has 1 aliphatic heterocycles. The lowest BCUT2D eigenvalue weighted by Crippen LogP contribution is -2.55. The fraction of sp³-hybridized carbons (Fsp3) is 0.263. The van der Waals surface area contributed by atoms with Crippen LogP contribution in [0, 0.1) is 6.92 Å². The van der Waals surface area contributed by atoms with Gasteiger partial charge in [-0.1, -0.05) is 29.3 Å². The highest BCUT2D eigenvalue weighted by Crippen LogP contribution is 2.37. The quantitative estimate of drug-likeness (QED) is 0.581. The molecule has 148 valence electrons. The van der Waals surface area contributed by atoms with Crippen molar-refractivity contribution in [2.75, 3.05) is 5.06 Å². The number of benzene rings is 2. The topological polar surface area (TPSA) is 99.1 Å². The van der Waals surface area contributed by atoms with E-state index >= 15 is 0 Å². The molecule has 0 aromatic heterocycles. The van der Waals surface area contributed by atoms with Crippen LogP contribution in [-0.4, -0.2) is 30.7 Å². The normalized spacial score (nSPS) is 20.1. The van der Waals surface area contributed by atoms with Gasteiger partial charge in [0.25, 0.3) is 10.0 Å². The summed E-state index contributed by atoms with van der Waals surface area (Å²) in [4.78, 5) is 14.8. The molecule has 0 radical (unpaired) electrons. The minimum Gasteiger partial charge on any atom is -0.294 e. The Morgan fingerprint density at radius 3 is 2.54 bits per heavy atom. The van der Waals surface area contributed by atoms with Crippen LogP contribution in [0.5, 0.6) is 0 Å². The number of fused-ring (bicyclic) bond motifs is 1. The third-order valence-corrected chi connectivity index (χ3v) is 6.36. The summed E-state index contributed by atoms with van der Waals surface area (Å²) >= 11 is 5.94. The zero-order valence-electron chi connectivity index (χ0n) is 15.6. The van der Waals surface area contributed by atoms with Gasteiger partial charge in [0.15, 0.2) is 5.78 Å². The predicted octanol–water partition coefficient (Wildman–Crippen LogP) is 3.54. The summed E-state index contributed by atoms with van der Waals surface area (Å²) in [6.07, 6.45) is -0.0849. The molecular formula is C19H20ClN3O4S. The largest absolute Gasteiger partial charge is 0.294 e. The first-order chi connectivity index (χ1) is 13.0. The van der Waals surface area contributed by atoms with Crippen molar-refractivity contribution >= 4 is 38.8 Å². The molecule has 2 N–H and O–H groups in total. The number of anilines is 1. The van der Waals surface area contributed by atoms with Gasteiger partial charge in [-0.05, 0) is 51.1 Å². The summed E-state index contributed by atoms with van der Waals surface area (Å²) < 4.78 is 24.9. The average Bonchev–Trinajstić information content (AvgIpc) is 2.64. The molecule has 9 heteroatoms. The average molecular weight is 422 g/mol. The molecule has 0 amide bonds. The first kappa shape index (κ1) is 20.3. The van der Waals surface area contributed by atoms with Crippen LogP contribution in [0.25, 0.3) is 0 Å². The molecule has 0 spiro atoms. The van der Waals surface area contributed by atoms with Gasteiger partial charge in [-0.3, -0.25) is 10.0 Å². The van der Waals surface area contributed by atoms with Crippen molar-refractivity contribution in [2.45, 2.75) is 37.6 Å². The number of hydrazone groups is 1. The van der Waals surface area contributed by atoms with E-state index in [1.807, 2.05) is 6.92 Å². The fourth-order valence-electron chi connectivity index (χ4n) is 2.97. The van der Waals surface area contributed by atoms with E-state index in [2.05, 4.69) is 9.93 Å². The molecule has 7 nitrogen and oxygen atoms in total. The first-order valence-corrected chi connectivity index (χ1v) is 10.4. The number of carbonyl (C=O) groups is 1. The predicted molar refractivity (Wildman–Crippen MR) is 108 cm³/mol. The van der Waals surface area contributed by atoms with Crippen LogP contribution in [0.4, 0.5) is 5.69 Å². The molecular weight excluding hydrogens is 402 g/mol. The maximum atomic E-state index is 12.6. The molecule has 0 aliphatic carbocycles. The van der Waals surface area contributed by atoms with Crippen LogP contribution in [0.2, 0.25) is 5.02 Å². The van der Waals surface area contributed by atoms with Crippen molar-refractivity contribution in [1.29, 1.82) is 0 Å². The minimum atomic E-state index is -3.87. The summed E-state index contributed by atoms with van der Waals surface area (Å²) in [6, 6.07) is 10.9.